The largest absolute Gasteiger partial charge is 0.488 e. The molecule has 340 valence electrons. The fourth-order valence-corrected chi connectivity index (χ4v) is 9.69. The molecule has 2 fully saturated rings. The Morgan fingerprint density at radius 1 is 0.875 bits per heavy atom. The van der Waals surface area contributed by atoms with Gasteiger partial charge in [0.2, 0.25) is 11.8 Å². The maximum Gasteiger partial charge on any atom is 0.407 e. The van der Waals surface area contributed by atoms with Gasteiger partial charge in [-0.15, -0.1) is 0 Å². The molecule has 3 aliphatic heterocycles. The highest BCUT2D eigenvalue weighted by Gasteiger charge is 2.44. The van der Waals surface area contributed by atoms with Crippen molar-refractivity contribution in [2.24, 2.45) is 11.8 Å². The van der Waals surface area contributed by atoms with E-state index in [2.05, 4.69) is 57.9 Å². The van der Waals surface area contributed by atoms with E-state index in [9.17, 15) is 19.2 Å². The minimum atomic E-state index is -0.971. The Hall–Kier alpha value is -6.20. The average Bonchev–Trinajstić information content (AvgIpc) is 4.14. The summed E-state index contributed by atoms with van der Waals surface area (Å²) in [6.45, 7) is 8.87. The maximum absolute atomic E-state index is 14.2. The third kappa shape index (κ3) is 8.33. The van der Waals surface area contributed by atoms with Crippen LogP contribution in [-0.4, -0.2) is 120 Å². The summed E-state index contributed by atoms with van der Waals surface area (Å²) in [6.07, 6.45) is 2.86. The Kier molecular flexibility index (Phi) is 12.8. The van der Waals surface area contributed by atoms with Crippen LogP contribution in [0.3, 0.4) is 0 Å². The monoisotopic (exact) mass is 878 g/mol. The molecule has 3 aliphatic rings. The lowest BCUT2D eigenvalue weighted by Crippen LogP contribution is -2.54. The number of fused-ring (bicyclic) bond motifs is 6. The molecule has 7 atom stereocenters. The summed E-state index contributed by atoms with van der Waals surface area (Å²) in [5.41, 5.74) is 6.43. The molecular weight excluding hydrogens is 821 g/mol. The summed E-state index contributed by atoms with van der Waals surface area (Å²) >= 11 is 0. The first kappa shape index (κ1) is 44.4. The molecule has 5 heterocycles. The molecule has 17 nitrogen and oxygen atoms in total. The van der Waals surface area contributed by atoms with Crippen molar-refractivity contribution < 1.29 is 42.9 Å². The van der Waals surface area contributed by atoms with Crippen molar-refractivity contribution in [1.29, 1.82) is 0 Å². The van der Waals surface area contributed by atoms with Crippen LogP contribution in [0.4, 0.5) is 9.59 Å². The highest BCUT2D eigenvalue weighted by atomic mass is 16.5. The quantitative estimate of drug-likeness (QED) is 0.0971. The van der Waals surface area contributed by atoms with Gasteiger partial charge in [-0.3, -0.25) is 9.59 Å². The number of benzene rings is 3. The number of carbonyl (C=O) groups is 4. The van der Waals surface area contributed by atoms with E-state index in [1.54, 1.807) is 18.9 Å². The molecule has 0 spiro atoms. The zero-order valence-corrected chi connectivity index (χ0v) is 37.7. The number of aromatic amines is 2. The normalized spacial score (nSPS) is 20.7. The van der Waals surface area contributed by atoms with Crippen molar-refractivity contribution in [2.75, 3.05) is 41.6 Å². The lowest BCUT2D eigenvalue weighted by atomic mass is 9.92. The molecule has 64 heavy (non-hydrogen) atoms. The number of likely N-dealkylation sites (tertiary alicyclic amines) is 2. The minimum Gasteiger partial charge on any atom is -0.488 e. The van der Waals surface area contributed by atoms with Gasteiger partial charge in [0.25, 0.3) is 0 Å². The van der Waals surface area contributed by atoms with Crippen LogP contribution in [0.2, 0.25) is 0 Å². The SMILES string of the molecule is CC[C@H]1CC[C@@H](c2ncc(-c3ccc4c(c3)COc3cc5c(ccc6[nH]c([C@@H]7C[C@H](COC)CN7C(=O)C(NC(=O)OC)C(C)OC)nc65)cc3-4)[nH]2)N1C(=O)C(NC(=O)OC)C(C)C. The lowest BCUT2D eigenvalue weighted by molar-refractivity contribution is -0.138. The second kappa shape index (κ2) is 18.5. The number of carbonyl (C=O) groups excluding carboxylic acids is 4. The van der Waals surface area contributed by atoms with E-state index in [-0.39, 0.29) is 35.7 Å². The Labute approximate surface area is 371 Å². The Balaban J connectivity index is 1.06. The van der Waals surface area contributed by atoms with Crippen molar-refractivity contribution in [3.8, 4) is 28.1 Å². The van der Waals surface area contributed by atoms with Gasteiger partial charge in [-0.1, -0.05) is 39.0 Å². The average molecular weight is 879 g/mol. The van der Waals surface area contributed by atoms with E-state index >= 15 is 0 Å². The summed E-state index contributed by atoms with van der Waals surface area (Å²) in [5.74, 6) is 1.58. The zero-order valence-electron chi connectivity index (χ0n) is 37.7. The molecule has 4 amide bonds. The Bertz CT molecular complexity index is 2550. The van der Waals surface area contributed by atoms with Crippen LogP contribution in [0.25, 0.3) is 44.2 Å². The van der Waals surface area contributed by atoms with Crippen molar-refractivity contribution in [3.05, 3.63) is 65.9 Å². The molecule has 17 heteroatoms. The number of ether oxygens (including phenoxy) is 5. The van der Waals surface area contributed by atoms with Gasteiger partial charge in [0.15, 0.2) is 0 Å². The van der Waals surface area contributed by atoms with Gasteiger partial charge in [-0.25, -0.2) is 19.6 Å². The van der Waals surface area contributed by atoms with Gasteiger partial charge in [0.05, 0.1) is 61.9 Å². The number of H-pyrrole nitrogens is 2. The van der Waals surface area contributed by atoms with Gasteiger partial charge in [-0.2, -0.15) is 0 Å². The number of rotatable bonds is 13. The second-order valence-electron chi connectivity index (χ2n) is 17.4. The standard InChI is InChI=1S/C47H58N8O9/c1-9-30-12-15-36(55(30)45(57)39(24(2)3)52-46(58)62-7)42-48-20-35(50-42)28-10-13-31-29(17-28)23-64-38-19-32-27(18-33(31)38)11-14-34-41(32)51-43(49-34)37-16-26(22-60-5)21-54(37)44(56)40(25(4)61-6)53-47(59)63-8/h10-11,13-14,17-20,24-26,30,36-37,39-40H,9,12,15-16,21-23H2,1-8H3,(H,48,50)(H,49,51)(H,52,58)(H,53,59)/t25?,26-,30-,36-,37-,39?,40?/m0/s1. The van der Waals surface area contributed by atoms with Gasteiger partial charge in [-0.05, 0) is 84.9 Å². The van der Waals surface area contributed by atoms with Gasteiger partial charge < -0.3 is 54.1 Å². The Morgan fingerprint density at radius 3 is 2.34 bits per heavy atom. The van der Waals surface area contributed by atoms with Gasteiger partial charge in [0, 0.05) is 43.7 Å². The van der Waals surface area contributed by atoms with Crippen LogP contribution in [0.15, 0.2) is 48.7 Å². The van der Waals surface area contributed by atoms with Crippen LogP contribution in [0.1, 0.15) is 82.7 Å². The number of amides is 4. The number of nitrogens with zero attached hydrogens (tertiary/aromatic N) is 4. The van der Waals surface area contributed by atoms with Crippen LogP contribution in [-0.2, 0) is 35.1 Å². The van der Waals surface area contributed by atoms with Crippen molar-refractivity contribution >= 4 is 45.8 Å². The Morgan fingerprint density at radius 2 is 1.64 bits per heavy atom. The van der Waals surface area contributed by atoms with Gasteiger partial charge in [0.1, 0.15) is 36.1 Å². The predicted octanol–water partition coefficient (Wildman–Crippen LogP) is 6.78. The fourth-order valence-electron chi connectivity index (χ4n) is 9.69. The number of hydrogen-bond donors (Lipinski definition) is 4. The number of hydrogen-bond acceptors (Lipinski definition) is 11. The molecule has 3 unspecified atom stereocenters. The number of methoxy groups -OCH3 is 4. The molecule has 0 saturated carbocycles. The highest BCUT2D eigenvalue weighted by molar-refractivity contribution is 6.07. The van der Waals surface area contributed by atoms with E-state index in [0.717, 1.165) is 74.8 Å². The summed E-state index contributed by atoms with van der Waals surface area (Å²) in [4.78, 5) is 73.3. The molecule has 0 radical (unpaired) electrons. The van der Waals surface area contributed by atoms with Gasteiger partial charge >= 0.3 is 12.2 Å². The first-order valence-corrected chi connectivity index (χ1v) is 22.0. The number of nitrogens with one attached hydrogen (secondary N) is 4. The smallest absolute Gasteiger partial charge is 0.407 e. The first-order valence-electron chi connectivity index (χ1n) is 22.0. The molecule has 2 aromatic heterocycles. The lowest BCUT2D eigenvalue weighted by Gasteiger charge is -2.34. The van der Waals surface area contributed by atoms with E-state index in [1.165, 1.54) is 21.3 Å². The molecule has 2 saturated heterocycles. The molecule has 8 rings (SSSR count). The van der Waals surface area contributed by atoms with E-state index in [1.807, 2.05) is 37.1 Å². The van der Waals surface area contributed by atoms with E-state index in [4.69, 9.17) is 33.7 Å². The molecule has 0 aliphatic carbocycles. The second-order valence-corrected chi connectivity index (χ2v) is 17.4. The van der Waals surface area contributed by atoms with Crippen molar-refractivity contribution in [1.82, 2.24) is 40.4 Å². The summed E-state index contributed by atoms with van der Waals surface area (Å²) in [6, 6.07) is 12.2. The highest BCUT2D eigenvalue weighted by Crippen LogP contribution is 2.44. The third-order valence-corrected chi connectivity index (χ3v) is 13.2. The van der Waals surface area contributed by atoms with Crippen LogP contribution in [0, 0.1) is 11.8 Å². The van der Waals surface area contributed by atoms with E-state index in [0.29, 0.717) is 37.8 Å². The van der Waals surface area contributed by atoms with E-state index < -0.39 is 36.4 Å². The topological polar surface area (TPSA) is 202 Å². The molecule has 0 bridgehead atoms. The molecule has 4 N–H and O–H groups in total. The summed E-state index contributed by atoms with van der Waals surface area (Å²) in [7, 11) is 5.69. The molecule has 3 aromatic carbocycles. The minimum absolute atomic E-state index is 0.0266. The maximum atomic E-state index is 14.2. The van der Waals surface area contributed by atoms with Crippen LogP contribution >= 0.6 is 0 Å². The molecular formula is C47H58N8O9. The summed E-state index contributed by atoms with van der Waals surface area (Å²) < 4.78 is 27.1. The number of imidazole rings is 2. The summed E-state index contributed by atoms with van der Waals surface area (Å²) in [5, 5.41) is 7.31. The number of alkyl carbamates (subject to hydrolysis) is 2. The fraction of sp³-hybridized carbons (Fsp3) is 0.489. The van der Waals surface area contributed by atoms with Crippen LogP contribution < -0.4 is 15.4 Å². The van der Waals surface area contributed by atoms with Crippen molar-refractivity contribution in [3.63, 3.8) is 0 Å². The third-order valence-electron chi connectivity index (χ3n) is 13.2. The first-order chi connectivity index (χ1) is 30.9. The predicted molar refractivity (Wildman–Crippen MR) is 238 cm³/mol. The zero-order chi connectivity index (χ0) is 45.4. The molecule has 5 aromatic rings. The van der Waals surface area contributed by atoms with Crippen LogP contribution in [0.5, 0.6) is 5.75 Å². The number of aromatic nitrogens is 4. The van der Waals surface area contributed by atoms with Crippen molar-refractivity contribution in [2.45, 2.75) is 96.3 Å².